The molecule has 6 heteroatoms. The minimum atomic E-state index is -0.901. The van der Waals surface area contributed by atoms with Gasteiger partial charge in [0.1, 0.15) is 0 Å². The average molecular weight is 365 g/mol. The zero-order valence-corrected chi connectivity index (χ0v) is 15.8. The molecule has 0 aliphatic heterocycles. The maximum atomic E-state index is 12.2. The van der Waals surface area contributed by atoms with Crippen LogP contribution in [0.25, 0.3) is 0 Å². The lowest BCUT2D eigenvalue weighted by atomic mass is 10.0. The number of amides is 2. The molecule has 1 aromatic carbocycles. The number of benzene rings is 1. The first kappa shape index (κ1) is 19.6. The highest BCUT2D eigenvalue weighted by atomic mass is 32.2. The van der Waals surface area contributed by atoms with Crippen molar-refractivity contribution >= 4 is 29.4 Å². The molecule has 138 valence electrons. The fourth-order valence-corrected chi connectivity index (χ4v) is 4.25. The Labute approximate surface area is 154 Å². The van der Waals surface area contributed by atoms with Crippen molar-refractivity contribution in [1.29, 1.82) is 0 Å². The Kier molecular flexibility index (Phi) is 7.62. The second-order valence-corrected chi connectivity index (χ2v) is 8.11. The number of hydrogen-bond acceptors (Lipinski definition) is 3. The summed E-state index contributed by atoms with van der Waals surface area (Å²) in [6.07, 6.45) is 6.68. The number of carboxylic acids is 1. The van der Waals surface area contributed by atoms with E-state index in [4.69, 9.17) is 5.11 Å². The van der Waals surface area contributed by atoms with Crippen molar-refractivity contribution in [2.45, 2.75) is 50.0 Å². The molecule has 1 aliphatic rings. The molecule has 1 fully saturated rings. The molecule has 25 heavy (non-hydrogen) atoms. The topological polar surface area (TPSA) is 69.6 Å². The van der Waals surface area contributed by atoms with Gasteiger partial charge in [-0.3, -0.25) is 4.79 Å². The van der Waals surface area contributed by atoms with Crippen LogP contribution in [0.1, 0.15) is 44.6 Å². The fraction of sp³-hybridized carbons (Fsp3) is 0.579. The molecule has 2 N–H and O–H groups in total. The maximum Gasteiger partial charge on any atom is 0.321 e. The summed E-state index contributed by atoms with van der Waals surface area (Å²) in [6, 6.07) is 7.61. The zero-order chi connectivity index (χ0) is 18.2. The number of thioether (sulfide) groups is 1. The number of urea groups is 1. The number of anilines is 1. The van der Waals surface area contributed by atoms with E-state index in [0.717, 1.165) is 16.7 Å². The number of nitrogens with zero attached hydrogens (tertiary/aromatic N) is 1. The van der Waals surface area contributed by atoms with E-state index >= 15 is 0 Å². The van der Waals surface area contributed by atoms with E-state index in [0.29, 0.717) is 0 Å². The number of rotatable bonds is 7. The molecular formula is C19H28N2O3S. The first-order valence-corrected chi connectivity index (χ1v) is 9.96. The molecule has 0 spiro atoms. The first-order chi connectivity index (χ1) is 12.0. The Hall–Kier alpha value is -1.69. The van der Waals surface area contributed by atoms with Gasteiger partial charge in [-0.1, -0.05) is 38.3 Å². The number of carbonyl (C=O) groups is 2. The molecule has 0 bridgehead atoms. The van der Waals surface area contributed by atoms with Crippen molar-refractivity contribution in [1.82, 2.24) is 4.90 Å². The molecule has 1 saturated carbocycles. The molecule has 1 atom stereocenters. The largest absolute Gasteiger partial charge is 0.481 e. The molecule has 1 unspecified atom stereocenters. The Bertz CT molecular complexity index is 588. The summed E-state index contributed by atoms with van der Waals surface area (Å²) >= 11 is 2.01. The number of carboxylic acid groups (broad SMARTS) is 1. The number of aliphatic carboxylic acids is 1. The highest BCUT2D eigenvalue weighted by molar-refractivity contribution is 7.99. The normalized spacial score (nSPS) is 16.2. The monoisotopic (exact) mass is 364 g/mol. The fourth-order valence-electron chi connectivity index (χ4n) is 2.98. The molecule has 1 aliphatic carbocycles. The van der Waals surface area contributed by atoms with E-state index < -0.39 is 11.9 Å². The third-order valence-corrected chi connectivity index (χ3v) is 5.97. The van der Waals surface area contributed by atoms with Gasteiger partial charge in [-0.2, -0.15) is 11.8 Å². The predicted octanol–water partition coefficient (Wildman–Crippen LogP) is 4.44. The van der Waals surface area contributed by atoms with Crippen LogP contribution in [0.2, 0.25) is 0 Å². The highest BCUT2D eigenvalue weighted by Crippen LogP contribution is 2.30. The average Bonchev–Trinajstić information content (AvgIpc) is 2.61. The standard InChI is InChI=1S/C19H28N2O3S/c1-14(18(22)23)12-21(2)19(24)20-16-8-6-7-15(11-16)13-25-17-9-4-3-5-10-17/h6-8,11,14,17H,3-5,9-10,12-13H2,1-2H3,(H,20,24)(H,22,23). The van der Waals surface area contributed by atoms with Crippen molar-refractivity contribution in [3.63, 3.8) is 0 Å². The molecular weight excluding hydrogens is 336 g/mol. The van der Waals surface area contributed by atoms with Crippen molar-refractivity contribution in [2.24, 2.45) is 5.92 Å². The van der Waals surface area contributed by atoms with Crippen LogP contribution in [0.5, 0.6) is 0 Å². The highest BCUT2D eigenvalue weighted by Gasteiger charge is 2.17. The molecule has 1 aromatic rings. The van der Waals surface area contributed by atoms with Crippen LogP contribution >= 0.6 is 11.8 Å². The molecule has 0 radical (unpaired) electrons. The Morgan fingerprint density at radius 2 is 2.04 bits per heavy atom. The molecule has 0 aromatic heterocycles. The van der Waals surface area contributed by atoms with Crippen LogP contribution < -0.4 is 5.32 Å². The van der Waals surface area contributed by atoms with Gasteiger partial charge >= 0.3 is 12.0 Å². The van der Waals surface area contributed by atoms with E-state index in [9.17, 15) is 9.59 Å². The summed E-state index contributed by atoms with van der Waals surface area (Å²) in [5, 5.41) is 12.6. The van der Waals surface area contributed by atoms with Crippen LogP contribution in [0.3, 0.4) is 0 Å². The van der Waals surface area contributed by atoms with Crippen LogP contribution in [-0.4, -0.2) is 40.8 Å². The van der Waals surface area contributed by atoms with Gasteiger partial charge in [0.15, 0.2) is 0 Å². The molecule has 0 heterocycles. The maximum absolute atomic E-state index is 12.2. The Morgan fingerprint density at radius 1 is 1.32 bits per heavy atom. The van der Waals surface area contributed by atoms with Gasteiger partial charge in [0.2, 0.25) is 0 Å². The Balaban J connectivity index is 1.85. The zero-order valence-electron chi connectivity index (χ0n) is 15.0. The SMILES string of the molecule is CC(CN(C)C(=O)Nc1cccc(CSC2CCCCC2)c1)C(=O)O. The quantitative estimate of drug-likeness (QED) is 0.750. The third kappa shape index (κ3) is 6.61. The van der Waals surface area contributed by atoms with Gasteiger partial charge in [0.05, 0.1) is 5.92 Å². The predicted molar refractivity (Wildman–Crippen MR) is 103 cm³/mol. The van der Waals surface area contributed by atoms with Crippen molar-refractivity contribution < 1.29 is 14.7 Å². The van der Waals surface area contributed by atoms with Gasteiger partial charge < -0.3 is 15.3 Å². The van der Waals surface area contributed by atoms with E-state index in [1.165, 1.54) is 42.6 Å². The summed E-state index contributed by atoms with van der Waals surface area (Å²) in [6.45, 7) is 1.77. The van der Waals surface area contributed by atoms with Crippen LogP contribution in [0.4, 0.5) is 10.5 Å². The van der Waals surface area contributed by atoms with Gasteiger partial charge in [-0.05, 0) is 30.5 Å². The second kappa shape index (κ2) is 9.70. The minimum absolute atomic E-state index is 0.179. The Morgan fingerprint density at radius 3 is 2.72 bits per heavy atom. The van der Waals surface area contributed by atoms with Crippen LogP contribution in [0.15, 0.2) is 24.3 Å². The summed E-state index contributed by atoms with van der Waals surface area (Å²) in [5.74, 6) is -0.532. The van der Waals surface area contributed by atoms with E-state index in [1.807, 2.05) is 30.0 Å². The third-order valence-electron chi connectivity index (χ3n) is 4.53. The van der Waals surface area contributed by atoms with Crippen molar-refractivity contribution in [3.8, 4) is 0 Å². The van der Waals surface area contributed by atoms with E-state index in [-0.39, 0.29) is 12.6 Å². The van der Waals surface area contributed by atoms with Crippen molar-refractivity contribution in [2.75, 3.05) is 18.9 Å². The van der Waals surface area contributed by atoms with Gasteiger partial charge in [-0.15, -0.1) is 0 Å². The smallest absolute Gasteiger partial charge is 0.321 e. The van der Waals surface area contributed by atoms with Crippen LogP contribution in [-0.2, 0) is 10.5 Å². The first-order valence-electron chi connectivity index (χ1n) is 8.91. The van der Waals surface area contributed by atoms with Crippen molar-refractivity contribution in [3.05, 3.63) is 29.8 Å². The van der Waals surface area contributed by atoms with Gasteiger partial charge in [-0.25, -0.2) is 4.79 Å². The summed E-state index contributed by atoms with van der Waals surface area (Å²) in [7, 11) is 1.61. The summed E-state index contributed by atoms with van der Waals surface area (Å²) < 4.78 is 0. The van der Waals surface area contributed by atoms with Gasteiger partial charge in [0, 0.05) is 30.3 Å². The van der Waals surface area contributed by atoms with E-state index in [2.05, 4.69) is 11.4 Å². The van der Waals surface area contributed by atoms with E-state index in [1.54, 1.807) is 14.0 Å². The number of nitrogens with one attached hydrogen (secondary N) is 1. The lowest BCUT2D eigenvalue weighted by Gasteiger charge is -2.21. The van der Waals surface area contributed by atoms with Gasteiger partial charge in [0.25, 0.3) is 0 Å². The lowest BCUT2D eigenvalue weighted by Crippen LogP contribution is -2.36. The number of hydrogen-bond donors (Lipinski definition) is 2. The molecule has 5 nitrogen and oxygen atoms in total. The number of carbonyl (C=O) groups excluding carboxylic acids is 1. The lowest BCUT2D eigenvalue weighted by molar-refractivity contribution is -0.141. The summed E-state index contributed by atoms with van der Waals surface area (Å²) in [5.41, 5.74) is 1.96. The summed E-state index contributed by atoms with van der Waals surface area (Å²) in [4.78, 5) is 24.5. The second-order valence-electron chi connectivity index (χ2n) is 6.82. The molecule has 2 rings (SSSR count). The minimum Gasteiger partial charge on any atom is -0.481 e. The molecule has 2 amide bonds. The molecule has 0 saturated heterocycles. The van der Waals surface area contributed by atoms with Crippen LogP contribution in [0, 0.1) is 5.92 Å².